The number of esters is 3. The van der Waals surface area contributed by atoms with Gasteiger partial charge >= 0.3 is 17.9 Å². The smallest absolute Gasteiger partial charge is 0.303 e. The van der Waals surface area contributed by atoms with E-state index in [1.165, 1.54) is 14.0 Å². The summed E-state index contributed by atoms with van der Waals surface area (Å²) in [5.41, 5.74) is 0. The molecule has 0 aromatic rings. The molecule has 1 aliphatic rings. The van der Waals surface area contributed by atoms with Crippen molar-refractivity contribution in [2.24, 2.45) is 0 Å². The van der Waals surface area contributed by atoms with Crippen LogP contribution in [0, 0.1) is 0 Å². The Morgan fingerprint density at radius 2 is 1.70 bits per heavy atom. The van der Waals surface area contributed by atoms with Crippen LogP contribution >= 0.6 is 0 Å². The highest BCUT2D eigenvalue weighted by Crippen LogP contribution is 2.27. The molecule has 1 saturated heterocycles. The van der Waals surface area contributed by atoms with Gasteiger partial charge in [0.25, 0.3) is 0 Å². The summed E-state index contributed by atoms with van der Waals surface area (Å²) in [5.74, 6) is -2.05. The Balaban J connectivity index is 3.03. The van der Waals surface area contributed by atoms with Crippen LogP contribution in [0.3, 0.4) is 0 Å². The molecule has 20 heavy (non-hydrogen) atoms. The van der Waals surface area contributed by atoms with Crippen LogP contribution in [0.4, 0.5) is 0 Å². The zero-order valence-corrected chi connectivity index (χ0v) is 11.7. The lowest BCUT2D eigenvalue weighted by atomic mass is 10.1. The molecule has 114 valence electrons. The molecule has 8 heteroatoms. The van der Waals surface area contributed by atoms with Crippen molar-refractivity contribution < 1.29 is 39.4 Å². The van der Waals surface area contributed by atoms with Gasteiger partial charge in [-0.25, -0.2) is 0 Å². The van der Waals surface area contributed by atoms with Crippen molar-refractivity contribution in [1.82, 2.24) is 0 Å². The Morgan fingerprint density at radius 1 is 1.10 bits per heavy atom. The Kier molecular flexibility index (Phi) is 5.31. The van der Waals surface area contributed by atoms with Crippen molar-refractivity contribution in [2.75, 3.05) is 13.7 Å². The third-order valence-electron chi connectivity index (χ3n) is 2.37. The quantitative estimate of drug-likeness (QED) is 0.507. The van der Waals surface area contributed by atoms with Crippen LogP contribution in [0.5, 0.6) is 0 Å². The molecule has 0 radical (unpaired) electrons. The van der Waals surface area contributed by atoms with E-state index in [0.29, 0.717) is 0 Å². The third-order valence-corrected chi connectivity index (χ3v) is 2.37. The predicted molar refractivity (Wildman–Crippen MR) is 63.4 cm³/mol. The Hall–Kier alpha value is -1.67. The molecule has 1 unspecified atom stereocenters. The number of methoxy groups -OCH3 is 1. The lowest BCUT2D eigenvalue weighted by Crippen LogP contribution is -2.41. The molecular formula is C12H18O8. The van der Waals surface area contributed by atoms with Crippen molar-refractivity contribution in [3.63, 3.8) is 0 Å². The van der Waals surface area contributed by atoms with E-state index in [-0.39, 0.29) is 6.61 Å². The predicted octanol–water partition coefficient (Wildman–Crippen LogP) is -0.216. The van der Waals surface area contributed by atoms with Crippen LogP contribution in [0.15, 0.2) is 0 Å². The van der Waals surface area contributed by atoms with E-state index in [1.54, 1.807) is 0 Å². The maximum atomic E-state index is 11.2. The lowest BCUT2D eigenvalue weighted by molar-refractivity contribution is -0.181. The Morgan fingerprint density at radius 3 is 2.15 bits per heavy atom. The third kappa shape index (κ3) is 4.46. The molecule has 1 fully saturated rings. The molecule has 0 bridgehead atoms. The SMILES string of the molecule is [2H][C@@]1(OC(C)=O)[C@@H](COC(C)=O)OC(OC)[C@@H]1OC(C)=O. The van der Waals surface area contributed by atoms with Gasteiger partial charge in [-0.05, 0) is 0 Å². The van der Waals surface area contributed by atoms with E-state index < -0.39 is 42.5 Å². The van der Waals surface area contributed by atoms with Crippen molar-refractivity contribution in [3.05, 3.63) is 0 Å². The zero-order valence-electron chi connectivity index (χ0n) is 12.7. The van der Waals surface area contributed by atoms with Crippen molar-refractivity contribution in [2.45, 2.75) is 45.3 Å². The highest BCUT2D eigenvalue weighted by molar-refractivity contribution is 5.67. The van der Waals surface area contributed by atoms with Crippen molar-refractivity contribution >= 4 is 17.9 Å². The molecule has 0 N–H and O–H groups in total. The standard InChI is InChI=1S/C12H18O8/c1-6(13)17-5-9-10(18-7(2)14)11(19-8(3)15)12(16-4)20-9/h9-12H,5H2,1-4H3/t9-,10-,11-,12?/m1/s1/i10D. The largest absolute Gasteiger partial charge is 0.463 e. The second-order valence-corrected chi connectivity index (χ2v) is 4.06. The molecule has 1 rings (SSSR count). The molecule has 0 saturated carbocycles. The van der Waals surface area contributed by atoms with Crippen molar-refractivity contribution in [3.8, 4) is 0 Å². The number of hydrogen-bond acceptors (Lipinski definition) is 8. The Labute approximate surface area is 117 Å². The van der Waals surface area contributed by atoms with Gasteiger partial charge in [0.1, 0.15) is 12.7 Å². The fourth-order valence-electron chi connectivity index (χ4n) is 1.69. The van der Waals surface area contributed by atoms with Crippen LogP contribution in [0.1, 0.15) is 22.1 Å². The highest BCUT2D eigenvalue weighted by atomic mass is 16.7. The molecule has 8 nitrogen and oxygen atoms in total. The summed E-state index contributed by atoms with van der Waals surface area (Å²) < 4.78 is 33.3. The molecule has 4 atom stereocenters. The summed E-state index contributed by atoms with van der Waals surface area (Å²) in [6.07, 6.45) is -5.65. The lowest BCUT2D eigenvalue weighted by Gasteiger charge is -2.22. The second kappa shape index (κ2) is 7.20. The summed E-state index contributed by atoms with van der Waals surface area (Å²) in [5, 5.41) is 0. The number of carbonyl (C=O) groups is 3. The van der Waals surface area contributed by atoms with Gasteiger partial charge in [0, 0.05) is 27.9 Å². The van der Waals surface area contributed by atoms with Crippen LogP contribution < -0.4 is 0 Å². The van der Waals surface area contributed by atoms with Gasteiger partial charge in [0.15, 0.2) is 18.5 Å². The maximum absolute atomic E-state index is 11.2. The van der Waals surface area contributed by atoms with E-state index >= 15 is 0 Å². The van der Waals surface area contributed by atoms with E-state index in [1.807, 2.05) is 0 Å². The average molecular weight is 291 g/mol. The molecule has 1 aliphatic heterocycles. The van der Waals surface area contributed by atoms with Crippen molar-refractivity contribution in [1.29, 1.82) is 0 Å². The fourth-order valence-corrected chi connectivity index (χ4v) is 1.69. The number of hydrogen-bond donors (Lipinski definition) is 0. The maximum Gasteiger partial charge on any atom is 0.303 e. The minimum atomic E-state index is -2.08. The molecule has 0 spiro atoms. The second-order valence-electron chi connectivity index (χ2n) is 4.06. The average Bonchev–Trinajstić information content (AvgIpc) is 2.58. The van der Waals surface area contributed by atoms with Gasteiger partial charge in [-0.15, -0.1) is 0 Å². The van der Waals surface area contributed by atoms with Gasteiger partial charge in [0.2, 0.25) is 0 Å². The molecule has 0 amide bonds. The first-order valence-electron chi connectivity index (χ1n) is 6.39. The molecule has 1 heterocycles. The summed E-state index contributed by atoms with van der Waals surface area (Å²) in [7, 11) is 1.28. The molecule has 0 aromatic carbocycles. The van der Waals surface area contributed by atoms with Gasteiger partial charge < -0.3 is 23.7 Å². The zero-order chi connectivity index (χ0) is 16.2. The first-order valence-corrected chi connectivity index (χ1v) is 5.89. The van der Waals surface area contributed by atoms with Gasteiger partial charge in [-0.2, -0.15) is 0 Å². The molecular weight excluding hydrogens is 272 g/mol. The highest BCUT2D eigenvalue weighted by Gasteiger charge is 2.49. The molecule has 0 aromatic heterocycles. The fraction of sp³-hybridized carbons (Fsp3) is 0.750. The minimum Gasteiger partial charge on any atom is -0.463 e. The van der Waals surface area contributed by atoms with E-state index in [2.05, 4.69) is 0 Å². The summed E-state index contributed by atoms with van der Waals surface area (Å²) in [6, 6.07) is 0. The first kappa shape index (κ1) is 14.7. The normalized spacial score (nSPS) is 33.2. The monoisotopic (exact) mass is 291 g/mol. The van der Waals surface area contributed by atoms with E-state index in [9.17, 15) is 14.4 Å². The number of ether oxygens (including phenoxy) is 5. The number of carbonyl (C=O) groups excluding carboxylic acids is 3. The van der Waals surface area contributed by atoms with Gasteiger partial charge in [-0.1, -0.05) is 0 Å². The van der Waals surface area contributed by atoms with Crippen LogP contribution in [-0.4, -0.2) is 56.2 Å². The Bertz CT molecular complexity index is 425. The van der Waals surface area contributed by atoms with Crippen LogP contribution in [0.2, 0.25) is 0 Å². The number of rotatable bonds is 5. The van der Waals surface area contributed by atoms with E-state index in [4.69, 9.17) is 25.1 Å². The summed E-state index contributed by atoms with van der Waals surface area (Å²) in [4.78, 5) is 33.3. The van der Waals surface area contributed by atoms with Gasteiger partial charge in [0.05, 0.1) is 1.37 Å². The minimum absolute atomic E-state index is 0.344. The van der Waals surface area contributed by atoms with E-state index in [0.717, 1.165) is 13.8 Å². The van der Waals surface area contributed by atoms with Gasteiger partial charge in [-0.3, -0.25) is 14.4 Å². The first-order chi connectivity index (χ1) is 9.70. The topological polar surface area (TPSA) is 97.4 Å². The summed E-state index contributed by atoms with van der Waals surface area (Å²) >= 11 is 0. The van der Waals surface area contributed by atoms with Crippen LogP contribution in [0.25, 0.3) is 0 Å². The van der Waals surface area contributed by atoms with Crippen LogP contribution in [-0.2, 0) is 38.1 Å². The summed E-state index contributed by atoms with van der Waals surface area (Å²) in [6.45, 7) is 3.08. The molecule has 0 aliphatic carbocycles.